The van der Waals surface area contributed by atoms with Gasteiger partial charge in [0.25, 0.3) is 0 Å². The molecule has 1 aliphatic carbocycles. The Kier molecular flexibility index (Phi) is 3.36. The molecule has 3 rings (SSSR count). The van der Waals surface area contributed by atoms with Crippen molar-refractivity contribution in [3.63, 3.8) is 0 Å². The first kappa shape index (κ1) is 14.3. The quantitative estimate of drug-likeness (QED) is 0.911. The van der Waals surface area contributed by atoms with Crippen molar-refractivity contribution in [3.05, 3.63) is 51.0 Å². The summed E-state index contributed by atoms with van der Waals surface area (Å²) in [6, 6.07) is 8.44. The molecule has 0 aliphatic heterocycles. The Morgan fingerprint density at radius 2 is 1.81 bits per heavy atom. The lowest BCUT2D eigenvalue weighted by atomic mass is 9.91. The first-order chi connectivity index (χ1) is 9.86. The van der Waals surface area contributed by atoms with Crippen LogP contribution in [0.15, 0.2) is 24.3 Å². The van der Waals surface area contributed by atoms with E-state index in [4.69, 9.17) is 4.98 Å². The van der Waals surface area contributed by atoms with Gasteiger partial charge in [-0.25, -0.2) is 9.78 Å². The van der Waals surface area contributed by atoms with E-state index in [0.717, 1.165) is 17.8 Å². The maximum absolute atomic E-state index is 11.5. The Morgan fingerprint density at radius 3 is 2.24 bits per heavy atom. The second-order valence-electron chi connectivity index (χ2n) is 6.66. The molecule has 3 nitrogen and oxygen atoms in total. The number of fused-ring (bicyclic) bond motifs is 1. The van der Waals surface area contributed by atoms with Crippen LogP contribution in [0, 0.1) is 0 Å². The Hall–Kier alpha value is -1.68. The third-order valence-electron chi connectivity index (χ3n) is 3.95. The van der Waals surface area contributed by atoms with Crippen LogP contribution in [0.1, 0.15) is 58.2 Å². The molecule has 2 aromatic rings. The maximum Gasteiger partial charge on any atom is 0.347 e. The molecule has 0 atom stereocenters. The fourth-order valence-corrected chi connectivity index (χ4v) is 4.11. The van der Waals surface area contributed by atoms with Gasteiger partial charge in [0.15, 0.2) is 0 Å². The summed E-state index contributed by atoms with van der Waals surface area (Å²) in [5.41, 5.74) is 3.21. The minimum Gasteiger partial charge on any atom is -0.477 e. The Labute approximate surface area is 128 Å². The first-order valence-electron chi connectivity index (χ1n) is 7.17. The Bertz CT molecular complexity index is 672. The summed E-state index contributed by atoms with van der Waals surface area (Å²) in [5.74, 6) is -0.541. The maximum atomic E-state index is 11.5. The lowest BCUT2D eigenvalue weighted by molar-refractivity contribution is 0.0699. The van der Waals surface area contributed by atoms with Crippen molar-refractivity contribution in [3.8, 4) is 0 Å². The van der Waals surface area contributed by atoms with E-state index >= 15 is 0 Å². The minimum atomic E-state index is -0.862. The highest BCUT2D eigenvalue weighted by Crippen LogP contribution is 2.39. The van der Waals surface area contributed by atoms with Gasteiger partial charge in [-0.2, -0.15) is 0 Å². The summed E-state index contributed by atoms with van der Waals surface area (Å²) in [6.45, 7) is 6.05. The fraction of sp³-hybridized carbons (Fsp3) is 0.412. The van der Waals surface area contributed by atoms with Crippen molar-refractivity contribution in [2.45, 2.75) is 44.9 Å². The second-order valence-corrected chi connectivity index (χ2v) is 7.69. The zero-order valence-corrected chi connectivity index (χ0v) is 13.3. The SMILES string of the molecule is CC(C)(C)c1nc(C2Cc3ccccc3C2)sc1C(=O)O. The van der Waals surface area contributed by atoms with Crippen LogP contribution >= 0.6 is 11.3 Å². The third-order valence-corrected chi connectivity index (χ3v) is 5.15. The smallest absolute Gasteiger partial charge is 0.347 e. The average molecular weight is 301 g/mol. The summed E-state index contributed by atoms with van der Waals surface area (Å²) < 4.78 is 0. The summed E-state index contributed by atoms with van der Waals surface area (Å²) in [6.07, 6.45) is 1.93. The molecule has 0 bridgehead atoms. The molecule has 0 unspecified atom stereocenters. The standard InChI is InChI=1S/C17H19NO2S/c1-17(2,3)14-13(16(19)20)21-15(18-14)12-8-10-6-4-5-7-11(10)9-12/h4-7,12H,8-9H2,1-3H3,(H,19,20). The number of hydrogen-bond donors (Lipinski definition) is 1. The van der Waals surface area contributed by atoms with Crippen molar-refractivity contribution < 1.29 is 9.90 Å². The molecule has 0 amide bonds. The topological polar surface area (TPSA) is 50.2 Å². The normalized spacial score (nSPS) is 15.2. The highest BCUT2D eigenvalue weighted by atomic mass is 32.1. The molecule has 1 aromatic heterocycles. The lowest BCUT2D eigenvalue weighted by Gasteiger charge is -2.16. The molecule has 0 spiro atoms. The van der Waals surface area contributed by atoms with Gasteiger partial charge in [-0.05, 0) is 24.0 Å². The van der Waals surface area contributed by atoms with Gasteiger partial charge in [0.2, 0.25) is 0 Å². The number of rotatable bonds is 2. The highest BCUT2D eigenvalue weighted by Gasteiger charge is 2.31. The number of thiazole rings is 1. The van der Waals surface area contributed by atoms with Crippen LogP contribution in [0.3, 0.4) is 0 Å². The Balaban J connectivity index is 1.97. The van der Waals surface area contributed by atoms with Crippen LogP contribution in [-0.2, 0) is 18.3 Å². The first-order valence-corrected chi connectivity index (χ1v) is 7.99. The van der Waals surface area contributed by atoms with E-state index in [1.54, 1.807) is 0 Å². The van der Waals surface area contributed by atoms with Gasteiger partial charge in [0, 0.05) is 11.3 Å². The molecule has 4 heteroatoms. The van der Waals surface area contributed by atoms with Gasteiger partial charge in [-0.15, -0.1) is 11.3 Å². The van der Waals surface area contributed by atoms with Crippen molar-refractivity contribution in [1.29, 1.82) is 0 Å². The number of carboxylic acid groups (broad SMARTS) is 1. The molecular formula is C17H19NO2S. The van der Waals surface area contributed by atoms with Crippen LogP contribution < -0.4 is 0 Å². The van der Waals surface area contributed by atoms with E-state index in [9.17, 15) is 9.90 Å². The van der Waals surface area contributed by atoms with Crippen molar-refractivity contribution in [1.82, 2.24) is 4.98 Å². The van der Waals surface area contributed by atoms with E-state index < -0.39 is 5.97 Å². The molecule has 1 heterocycles. The zero-order valence-electron chi connectivity index (χ0n) is 12.5. The number of carboxylic acids is 1. The van der Waals surface area contributed by atoms with E-state index in [1.165, 1.54) is 22.5 Å². The average Bonchev–Trinajstić information content (AvgIpc) is 3.02. The number of nitrogens with zero attached hydrogens (tertiary/aromatic N) is 1. The monoisotopic (exact) mass is 301 g/mol. The van der Waals surface area contributed by atoms with Crippen LogP contribution in [0.25, 0.3) is 0 Å². The number of aromatic carboxylic acids is 1. The number of aromatic nitrogens is 1. The van der Waals surface area contributed by atoms with Crippen LogP contribution in [-0.4, -0.2) is 16.1 Å². The van der Waals surface area contributed by atoms with Gasteiger partial charge < -0.3 is 5.11 Å². The summed E-state index contributed by atoms with van der Waals surface area (Å²) >= 11 is 1.35. The van der Waals surface area contributed by atoms with Crippen LogP contribution in [0.4, 0.5) is 0 Å². The highest BCUT2D eigenvalue weighted by molar-refractivity contribution is 7.13. The van der Waals surface area contributed by atoms with E-state index in [2.05, 4.69) is 24.3 Å². The molecular weight excluding hydrogens is 282 g/mol. The second kappa shape index (κ2) is 4.95. The van der Waals surface area contributed by atoms with Crippen molar-refractivity contribution in [2.24, 2.45) is 0 Å². The van der Waals surface area contributed by atoms with Gasteiger partial charge in [-0.1, -0.05) is 45.0 Å². The molecule has 0 radical (unpaired) electrons. The summed E-state index contributed by atoms with van der Waals surface area (Å²) in [7, 11) is 0. The van der Waals surface area contributed by atoms with Crippen molar-refractivity contribution >= 4 is 17.3 Å². The number of hydrogen-bond acceptors (Lipinski definition) is 3. The molecule has 0 saturated carbocycles. The third kappa shape index (κ3) is 2.60. The Morgan fingerprint density at radius 1 is 1.24 bits per heavy atom. The number of carbonyl (C=O) groups is 1. The molecule has 1 aliphatic rings. The molecule has 0 saturated heterocycles. The van der Waals surface area contributed by atoms with E-state index in [1.807, 2.05) is 20.8 Å². The van der Waals surface area contributed by atoms with Gasteiger partial charge in [-0.3, -0.25) is 0 Å². The molecule has 21 heavy (non-hydrogen) atoms. The largest absolute Gasteiger partial charge is 0.477 e. The predicted molar refractivity (Wildman–Crippen MR) is 84.4 cm³/mol. The predicted octanol–water partition coefficient (Wildman–Crippen LogP) is 4.02. The zero-order chi connectivity index (χ0) is 15.2. The number of benzene rings is 1. The van der Waals surface area contributed by atoms with Crippen molar-refractivity contribution in [2.75, 3.05) is 0 Å². The van der Waals surface area contributed by atoms with Crippen LogP contribution in [0.2, 0.25) is 0 Å². The van der Waals surface area contributed by atoms with Gasteiger partial charge in [0.1, 0.15) is 4.88 Å². The summed E-state index contributed by atoms with van der Waals surface area (Å²) in [4.78, 5) is 16.6. The molecule has 1 N–H and O–H groups in total. The van der Waals surface area contributed by atoms with E-state index in [-0.39, 0.29) is 5.41 Å². The van der Waals surface area contributed by atoms with Gasteiger partial charge in [0.05, 0.1) is 10.7 Å². The fourth-order valence-electron chi connectivity index (χ4n) is 2.90. The lowest BCUT2D eigenvalue weighted by Crippen LogP contribution is -2.16. The summed E-state index contributed by atoms with van der Waals surface area (Å²) in [5, 5.41) is 10.4. The van der Waals surface area contributed by atoms with Crippen LogP contribution in [0.5, 0.6) is 0 Å². The molecule has 110 valence electrons. The molecule has 0 fully saturated rings. The van der Waals surface area contributed by atoms with Gasteiger partial charge >= 0.3 is 5.97 Å². The van der Waals surface area contributed by atoms with E-state index in [0.29, 0.717) is 16.5 Å². The minimum absolute atomic E-state index is 0.242. The molecule has 1 aromatic carbocycles.